The highest BCUT2D eigenvalue weighted by Crippen LogP contribution is 2.25. The molecule has 108 valence electrons. The van der Waals surface area contributed by atoms with Crippen molar-refractivity contribution >= 4 is 23.1 Å². The number of pyridine rings is 1. The second-order valence-corrected chi connectivity index (χ2v) is 4.58. The van der Waals surface area contributed by atoms with Crippen molar-refractivity contribution in [1.82, 2.24) is 4.98 Å². The van der Waals surface area contributed by atoms with Gasteiger partial charge in [0.05, 0.1) is 16.2 Å². The molecule has 1 amide bonds. The van der Waals surface area contributed by atoms with E-state index in [4.69, 9.17) is 5.73 Å². The van der Waals surface area contributed by atoms with Crippen LogP contribution in [-0.2, 0) is 0 Å². The van der Waals surface area contributed by atoms with Crippen LogP contribution in [0.4, 0.5) is 17.2 Å². The maximum Gasteiger partial charge on any atom is 0.274 e. The Morgan fingerprint density at radius 1 is 1.33 bits per heavy atom. The van der Waals surface area contributed by atoms with E-state index in [9.17, 15) is 14.9 Å². The van der Waals surface area contributed by atoms with E-state index in [1.54, 1.807) is 26.0 Å². The van der Waals surface area contributed by atoms with Crippen molar-refractivity contribution in [2.24, 2.45) is 0 Å². The van der Waals surface area contributed by atoms with Gasteiger partial charge in [-0.15, -0.1) is 0 Å². The van der Waals surface area contributed by atoms with Crippen molar-refractivity contribution in [3.8, 4) is 0 Å². The van der Waals surface area contributed by atoms with E-state index in [2.05, 4.69) is 10.3 Å². The number of nitro groups is 1. The summed E-state index contributed by atoms with van der Waals surface area (Å²) >= 11 is 0. The average Bonchev–Trinajstić information content (AvgIpc) is 2.39. The van der Waals surface area contributed by atoms with Gasteiger partial charge < -0.3 is 11.1 Å². The molecular weight excluding hydrogens is 272 g/mol. The first-order valence-corrected chi connectivity index (χ1v) is 6.18. The number of carbonyl (C=O) groups is 1. The van der Waals surface area contributed by atoms with E-state index >= 15 is 0 Å². The summed E-state index contributed by atoms with van der Waals surface area (Å²) < 4.78 is 0. The van der Waals surface area contributed by atoms with E-state index < -0.39 is 10.8 Å². The first-order valence-electron chi connectivity index (χ1n) is 6.18. The summed E-state index contributed by atoms with van der Waals surface area (Å²) in [5, 5.41) is 13.5. The van der Waals surface area contributed by atoms with Gasteiger partial charge >= 0.3 is 0 Å². The quantitative estimate of drug-likeness (QED) is 0.665. The highest BCUT2D eigenvalue weighted by atomic mass is 16.6. The molecule has 0 bridgehead atoms. The number of nitrogens with one attached hydrogen (secondary N) is 1. The summed E-state index contributed by atoms with van der Waals surface area (Å²) in [6.07, 6.45) is 0. The molecule has 0 spiro atoms. The Morgan fingerprint density at radius 2 is 2.05 bits per heavy atom. The lowest BCUT2D eigenvalue weighted by molar-refractivity contribution is -0.385. The third kappa shape index (κ3) is 3.14. The maximum atomic E-state index is 12.2. The molecule has 7 heteroatoms. The minimum absolute atomic E-state index is 0.0433. The fraction of sp³-hybridized carbons (Fsp3) is 0.143. The topological polar surface area (TPSA) is 111 Å². The van der Waals surface area contributed by atoms with Crippen molar-refractivity contribution in [2.75, 3.05) is 11.1 Å². The van der Waals surface area contributed by atoms with Crippen molar-refractivity contribution in [3.63, 3.8) is 0 Å². The van der Waals surface area contributed by atoms with Crippen LogP contribution in [0, 0.1) is 24.0 Å². The van der Waals surface area contributed by atoms with Crippen LogP contribution in [0.1, 0.15) is 21.6 Å². The summed E-state index contributed by atoms with van der Waals surface area (Å²) in [5.74, 6) is -0.147. The third-order valence-electron chi connectivity index (χ3n) is 2.99. The summed E-state index contributed by atoms with van der Waals surface area (Å²) in [4.78, 5) is 26.6. The lowest BCUT2D eigenvalue weighted by Crippen LogP contribution is -2.14. The van der Waals surface area contributed by atoms with Crippen LogP contribution < -0.4 is 11.1 Å². The van der Waals surface area contributed by atoms with Crippen LogP contribution in [0.25, 0.3) is 0 Å². The standard InChI is InChI=1S/C14H14N4O3/c1-8-6-10(7-13(15)16-8)14(19)17-11-4-3-5-12(9(11)2)18(20)21/h3-7H,1-2H3,(H2,15,16)(H,17,19). The van der Waals surface area contributed by atoms with E-state index in [0.29, 0.717) is 22.5 Å². The highest BCUT2D eigenvalue weighted by Gasteiger charge is 2.15. The fourth-order valence-corrected chi connectivity index (χ4v) is 1.98. The highest BCUT2D eigenvalue weighted by molar-refractivity contribution is 6.05. The normalized spacial score (nSPS) is 10.2. The van der Waals surface area contributed by atoms with Crippen molar-refractivity contribution in [3.05, 3.63) is 57.3 Å². The SMILES string of the molecule is Cc1cc(C(=O)Nc2cccc([N+](=O)[O-])c2C)cc(N)n1. The van der Waals surface area contributed by atoms with Gasteiger partial charge in [0.2, 0.25) is 0 Å². The molecule has 0 saturated carbocycles. The molecule has 0 saturated heterocycles. The molecule has 1 aromatic heterocycles. The first kappa shape index (κ1) is 14.4. The van der Waals surface area contributed by atoms with Gasteiger partial charge in [-0.25, -0.2) is 4.98 Å². The molecular formula is C14H14N4O3. The monoisotopic (exact) mass is 286 g/mol. The zero-order valence-electron chi connectivity index (χ0n) is 11.6. The smallest absolute Gasteiger partial charge is 0.274 e. The average molecular weight is 286 g/mol. The number of hydrogen-bond donors (Lipinski definition) is 2. The number of rotatable bonds is 3. The van der Waals surface area contributed by atoms with Crippen LogP contribution in [-0.4, -0.2) is 15.8 Å². The number of amides is 1. The van der Waals surface area contributed by atoms with E-state index in [1.165, 1.54) is 18.2 Å². The molecule has 1 aromatic carbocycles. The number of nitro benzene ring substituents is 1. The minimum Gasteiger partial charge on any atom is -0.384 e. The molecule has 2 rings (SSSR count). The molecule has 0 aliphatic rings. The molecule has 0 radical (unpaired) electrons. The molecule has 7 nitrogen and oxygen atoms in total. The Hall–Kier alpha value is -2.96. The second kappa shape index (κ2) is 5.58. The molecule has 1 heterocycles. The summed E-state index contributed by atoms with van der Waals surface area (Å²) in [7, 11) is 0. The molecule has 0 fully saturated rings. The molecule has 0 atom stereocenters. The molecule has 0 unspecified atom stereocenters. The molecule has 21 heavy (non-hydrogen) atoms. The van der Waals surface area contributed by atoms with Gasteiger partial charge in [-0.1, -0.05) is 6.07 Å². The van der Waals surface area contributed by atoms with Crippen LogP contribution in [0.3, 0.4) is 0 Å². The van der Waals surface area contributed by atoms with Crippen LogP contribution in [0.15, 0.2) is 30.3 Å². The summed E-state index contributed by atoms with van der Waals surface area (Å²) in [6.45, 7) is 3.31. The van der Waals surface area contributed by atoms with Gasteiger partial charge in [-0.3, -0.25) is 14.9 Å². The van der Waals surface area contributed by atoms with Crippen LogP contribution in [0.5, 0.6) is 0 Å². The van der Waals surface area contributed by atoms with Gasteiger partial charge in [0.15, 0.2) is 0 Å². The summed E-state index contributed by atoms with van der Waals surface area (Å²) in [5.41, 5.74) is 7.32. The van der Waals surface area contributed by atoms with Gasteiger partial charge in [0.25, 0.3) is 11.6 Å². The number of anilines is 2. The number of carbonyl (C=O) groups excluding carboxylic acids is 1. The Labute approximate surface area is 121 Å². The number of nitrogen functional groups attached to an aromatic ring is 1. The Morgan fingerprint density at radius 3 is 2.67 bits per heavy atom. The maximum absolute atomic E-state index is 12.2. The lowest BCUT2D eigenvalue weighted by atomic mass is 10.1. The lowest BCUT2D eigenvalue weighted by Gasteiger charge is -2.09. The Balaban J connectivity index is 2.32. The Kier molecular flexibility index (Phi) is 3.84. The van der Waals surface area contributed by atoms with E-state index in [1.807, 2.05) is 0 Å². The predicted molar refractivity (Wildman–Crippen MR) is 79.2 cm³/mol. The number of aromatic nitrogens is 1. The largest absolute Gasteiger partial charge is 0.384 e. The summed E-state index contributed by atoms with van der Waals surface area (Å²) in [6, 6.07) is 7.57. The number of hydrogen-bond acceptors (Lipinski definition) is 5. The number of nitrogens with zero attached hydrogens (tertiary/aromatic N) is 2. The van der Waals surface area contributed by atoms with Gasteiger partial charge in [-0.2, -0.15) is 0 Å². The molecule has 3 N–H and O–H groups in total. The fourth-order valence-electron chi connectivity index (χ4n) is 1.98. The first-order chi connectivity index (χ1) is 9.88. The minimum atomic E-state index is -0.487. The van der Waals surface area contributed by atoms with Gasteiger partial charge in [0, 0.05) is 17.3 Å². The van der Waals surface area contributed by atoms with Crippen molar-refractivity contribution in [1.29, 1.82) is 0 Å². The van der Waals surface area contributed by atoms with Crippen LogP contribution in [0.2, 0.25) is 0 Å². The molecule has 0 aliphatic carbocycles. The van der Waals surface area contributed by atoms with Crippen molar-refractivity contribution in [2.45, 2.75) is 13.8 Å². The second-order valence-electron chi connectivity index (χ2n) is 4.58. The van der Waals surface area contributed by atoms with Gasteiger partial charge in [-0.05, 0) is 32.0 Å². The zero-order chi connectivity index (χ0) is 15.6. The Bertz CT molecular complexity index is 708. The number of nitrogens with two attached hydrogens (primary N) is 1. The number of benzene rings is 1. The number of aryl methyl sites for hydroxylation is 1. The third-order valence-corrected chi connectivity index (χ3v) is 2.99. The molecule has 0 aliphatic heterocycles. The van der Waals surface area contributed by atoms with E-state index in [-0.39, 0.29) is 11.5 Å². The van der Waals surface area contributed by atoms with Crippen LogP contribution >= 0.6 is 0 Å². The zero-order valence-corrected chi connectivity index (χ0v) is 11.6. The molecule has 2 aromatic rings. The van der Waals surface area contributed by atoms with Crippen molar-refractivity contribution < 1.29 is 9.72 Å². The van der Waals surface area contributed by atoms with E-state index in [0.717, 1.165) is 0 Å². The predicted octanol–water partition coefficient (Wildman–Crippen LogP) is 2.44. The van der Waals surface area contributed by atoms with Gasteiger partial charge in [0.1, 0.15) is 5.82 Å².